The summed E-state index contributed by atoms with van der Waals surface area (Å²) >= 11 is 0. The highest BCUT2D eigenvalue weighted by atomic mass is 16.3. The van der Waals surface area contributed by atoms with Crippen LogP contribution in [0.15, 0.2) is 0 Å². The Labute approximate surface area is 115 Å². The molecule has 1 heterocycles. The fraction of sp³-hybridized carbons (Fsp3) is 0.857. The SMILES string of the molecule is Cc1nnc(CNCC2(O)CCC(C)(C)CC2)n1C. The number of nitrogens with zero attached hydrogens (tertiary/aromatic N) is 3. The summed E-state index contributed by atoms with van der Waals surface area (Å²) in [7, 11) is 1.96. The van der Waals surface area contributed by atoms with Crippen molar-refractivity contribution in [2.45, 2.75) is 58.6 Å². The number of nitrogens with one attached hydrogen (secondary N) is 1. The molecule has 2 rings (SSSR count). The minimum atomic E-state index is -0.552. The number of aryl methyl sites for hydroxylation is 1. The van der Waals surface area contributed by atoms with E-state index in [0.29, 0.717) is 18.5 Å². The summed E-state index contributed by atoms with van der Waals surface area (Å²) < 4.78 is 1.97. The minimum Gasteiger partial charge on any atom is -0.389 e. The quantitative estimate of drug-likeness (QED) is 0.868. The predicted molar refractivity (Wildman–Crippen MR) is 74.6 cm³/mol. The Kier molecular flexibility index (Phi) is 3.97. The third kappa shape index (κ3) is 3.54. The lowest BCUT2D eigenvalue weighted by molar-refractivity contribution is -0.0246. The Balaban J connectivity index is 1.81. The van der Waals surface area contributed by atoms with Crippen LogP contribution in [0.5, 0.6) is 0 Å². The van der Waals surface area contributed by atoms with Crippen LogP contribution in [-0.2, 0) is 13.6 Å². The highest BCUT2D eigenvalue weighted by Crippen LogP contribution is 2.39. The van der Waals surface area contributed by atoms with E-state index in [1.54, 1.807) is 0 Å². The van der Waals surface area contributed by atoms with Crippen molar-refractivity contribution in [2.75, 3.05) is 6.54 Å². The van der Waals surface area contributed by atoms with Gasteiger partial charge in [0.1, 0.15) is 11.6 Å². The second-order valence-corrected chi connectivity index (χ2v) is 6.71. The van der Waals surface area contributed by atoms with Crippen LogP contribution >= 0.6 is 0 Å². The summed E-state index contributed by atoms with van der Waals surface area (Å²) in [6.07, 6.45) is 3.94. The molecule has 0 amide bonds. The lowest BCUT2D eigenvalue weighted by Crippen LogP contribution is -2.45. The molecule has 1 fully saturated rings. The van der Waals surface area contributed by atoms with Crippen LogP contribution in [0.2, 0.25) is 0 Å². The number of rotatable bonds is 4. The van der Waals surface area contributed by atoms with Crippen molar-refractivity contribution in [1.82, 2.24) is 20.1 Å². The molecule has 0 aromatic carbocycles. The molecule has 1 aliphatic rings. The molecule has 0 saturated heterocycles. The lowest BCUT2D eigenvalue weighted by atomic mass is 9.71. The van der Waals surface area contributed by atoms with Crippen LogP contribution in [0, 0.1) is 12.3 Å². The molecule has 1 aromatic rings. The number of aromatic nitrogens is 3. The molecule has 1 aromatic heterocycles. The molecule has 1 aliphatic carbocycles. The largest absolute Gasteiger partial charge is 0.389 e. The van der Waals surface area contributed by atoms with Gasteiger partial charge < -0.3 is 15.0 Å². The Hall–Kier alpha value is -0.940. The van der Waals surface area contributed by atoms with E-state index in [2.05, 4.69) is 29.4 Å². The molecular weight excluding hydrogens is 240 g/mol. The third-order valence-corrected chi connectivity index (χ3v) is 4.45. The predicted octanol–water partition coefficient (Wildman–Crippen LogP) is 1.54. The Morgan fingerprint density at radius 1 is 1.21 bits per heavy atom. The van der Waals surface area contributed by atoms with E-state index in [1.807, 2.05) is 18.5 Å². The van der Waals surface area contributed by atoms with E-state index in [0.717, 1.165) is 37.3 Å². The fourth-order valence-corrected chi connectivity index (χ4v) is 2.58. The molecule has 1 saturated carbocycles. The molecule has 19 heavy (non-hydrogen) atoms. The molecule has 0 atom stereocenters. The van der Waals surface area contributed by atoms with Crippen LogP contribution in [0.1, 0.15) is 51.2 Å². The monoisotopic (exact) mass is 266 g/mol. The van der Waals surface area contributed by atoms with E-state index in [1.165, 1.54) is 0 Å². The Bertz CT molecular complexity index is 429. The molecule has 0 unspecified atom stereocenters. The van der Waals surface area contributed by atoms with Gasteiger partial charge in [0.25, 0.3) is 0 Å². The van der Waals surface area contributed by atoms with E-state index in [-0.39, 0.29) is 0 Å². The first-order chi connectivity index (χ1) is 8.81. The maximum absolute atomic E-state index is 10.6. The van der Waals surface area contributed by atoms with Gasteiger partial charge >= 0.3 is 0 Å². The van der Waals surface area contributed by atoms with Crippen molar-refractivity contribution in [3.05, 3.63) is 11.6 Å². The maximum Gasteiger partial charge on any atom is 0.146 e. The molecule has 2 N–H and O–H groups in total. The first kappa shape index (κ1) is 14.5. The molecule has 0 aliphatic heterocycles. The van der Waals surface area contributed by atoms with E-state index >= 15 is 0 Å². The summed E-state index contributed by atoms with van der Waals surface area (Å²) in [4.78, 5) is 0. The summed E-state index contributed by atoms with van der Waals surface area (Å²) in [6.45, 7) is 7.79. The molecule has 5 nitrogen and oxygen atoms in total. The van der Waals surface area contributed by atoms with Gasteiger partial charge in [-0.15, -0.1) is 10.2 Å². The zero-order chi connectivity index (χ0) is 14.1. The lowest BCUT2D eigenvalue weighted by Gasteiger charge is -2.40. The zero-order valence-electron chi connectivity index (χ0n) is 12.5. The van der Waals surface area contributed by atoms with E-state index < -0.39 is 5.60 Å². The van der Waals surface area contributed by atoms with E-state index in [9.17, 15) is 5.11 Å². The molecule has 0 bridgehead atoms. The summed E-state index contributed by atoms with van der Waals surface area (Å²) in [5.41, 5.74) is -0.171. The van der Waals surface area contributed by atoms with Gasteiger partial charge in [-0.05, 0) is 38.0 Å². The topological polar surface area (TPSA) is 63.0 Å². The average Bonchev–Trinajstić information content (AvgIpc) is 2.66. The van der Waals surface area contributed by atoms with Crippen molar-refractivity contribution in [2.24, 2.45) is 12.5 Å². The standard InChI is InChI=1S/C14H26N4O/c1-11-16-17-12(18(11)4)9-15-10-14(19)7-5-13(2,3)6-8-14/h15,19H,5-10H2,1-4H3. The smallest absolute Gasteiger partial charge is 0.146 e. The molecule has 108 valence electrons. The van der Waals surface area contributed by atoms with Crippen molar-refractivity contribution < 1.29 is 5.11 Å². The maximum atomic E-state index is 10.6. The van der Waals surface area contributed by atoms with Gasteiger partial charge in [-0.3, -0.25) is 0 Å². The number of hydrogen-bond donors (Lipinski definition) is 2. The summed E-state index contributed by atoms with van der Waals surface area (Å²) in [5, 5.41) is 22.0. The Morgan fingerprint density at radius 3 is 2.37 bits per heavy atom. The molecular formula is C14H26N4O. The normalized spacial score (nSPS) is 21.5. The van der Waals surface area contributed by atoms with Gasteiger partial charge in [-0.2, -0.15) is 0 Å². The summed E-state index contributed by atoms with van der Waals surface area (Å²) in [6, 6.07) is 0. The van der Waals surface area contributed by atoms with Crippen molar-refractivity contribution in [3.8, 4) is 0 Å². The van der Waals surface area contributed by atoms with Gasteiger partial charge in [-0.1, -0.05) is 13.8 Å². The highest BCUT2D eigenvalue weighted by Gasteiger charge is 2.36. The van der Waals surface area contributed by atoms with Crippen molar-refractivity contribution in [3.63, 3.8) is 0 Å². The third-order valence-electron chi connectivity index (χ3n) is 4.45. The van der Waals surface area contributed by atoms with Crippen LogP contribution < -0.4 is 5.32 Å². The van der Waals surface area contributed by atoms with Crippen LogP contribution in [0.4, 0.5) is 0 Å². The van der Waals surface area contributed by atoms with Crippen molar-refractivity contribution >= 4 is 0 Å². The van der Waals surface area contributed by atoms with Gasteiger partial charge in [0.15, 0.2) is 0 Å². The van der Waals surface area contributed by atoms with Gasteiger partial charge in [0.2, 0.25) is 0 Å². The second-order valence-electron chi connectivity index (χ2n) is 6.71. The van der Waals surface area contributed by atoms with E-state index in [4.69, 9.17) is 0 Å². The average molecular weight is 266 g/mol. The zero-order valence-corrected chi connectivity index (χ0v) is 12.5. The van der Waals surface area contributed by atoms with Crippen molar-refractivity contribution in [1.29, 1.82) is 0 Å². The highest BCUT2D eigenvalue weighted by molar-refractivity contribution is 4.94. The van der Waals surface area contributed by atoms with Crippen LogP contribution in [0.25, 0.3) is 0 Å². The first-order valence-electron chi connectivity index (χ1n) is 7.09. The fourth-order valence-electron chi connectivity index (χ4n) is 2.58. The van der Waals surface area contributed by atoms with Gasteiger partial charge in [0.05, 0.1) is 12.1 Å². The minimum absolute atomic E-state index is 0.382. The first-order valence-corrected chi connectivity index (χ1v) is 7.09. The van der Waals surface area contributed by atoms with Gasteiger partial charge in [0, 0.05) is 13.6 Å². The van der Waals surface area contributed by atoms with Crippen LogP contribution in [0.3, 0.4) is 0 Å². The van der Waals surface area contributed by atoms with Gasteiger partial charge in [-0.25, -0.2) is 0 Å². The number of aliphatic hydroxyl groups is 1. The molecule has 5 heteroatoms. The molecule has 0 radical (unpaired) electrons. The second kappa shape index (κ2) is 5.21. The summed E-state index contributed by atoms with van der Waals surface area (Å²) in [5.74, 6) is 1.83. The molecule has 0 spiro atoms. The van der Waals surface area contributed by atoms with Crippen LogP contribution in [-0.4, -0.2) is 32.0 Å². The Morgan fingerprint density at radius 2 is 1.84 bits per heavy atom. The number of hydrogen-bond acceptors (Lipinski definition) is 4.